The minimum absolute atomic E-state index is 0.0649. The summed E-state index contributed by atoms with van der Waals surface area (Å²) in [5.74, 6) is 0. The lowest BCUT2D eigenvalue weighted by molar-refractivity contribution is 0.602. The number of allylic oxidation sites excluding steroid dienone is 1. The van der Waals surface area contributed by atoms with Gasteiger partial charge in [0.25, 0.3) is 0 Å². The zero-order valence-corrected chi connectivity index (χ0v) is 15.4. The number of aryl methyl sites for hydroxylation is 2. The van der Waals surface area contributed by atoms with Crippen molar-refractivity contribution in [2.24, 2.45) is 0 Å². The van der Waals surface area contributed by atoms with Gasteiger partial charge in [-0.1, -0.05) is 36.4 Å². The van der Waals surface area contributed by atoms with Gasteiger partial charge in [0.1, 0.15) is 0 Å². The van der Waals surface area contributed by atoms with Gasteiger partial charge in [-0.05, 0) is 44.0 Å². The van der Waals surface area contributed by atoms with Gasteiger partial charge in [-0.2, -0.15) is 0 Å². The summed E-state index contributed by atoms with van der Waals surface area (Å²) < 4.78 is 3.69. The van der Waals surface area contributed by atoms with E-state index >= 15 is 0 Å². The van der Waals surface area contributed by atoms with Crippen LogP contribution in [-0.4, -0.2) is 9.13 Å². The SMILES string of the molecule is CCn1c(=O)n(CC)c2cc(C3=C(C)NNC3c3ccccc3)ccc21. The summed E-state index contributed by atoms with van der Waals surface area (Å²) in [7, 11) is 0. The molecule has 4 rings (SSSR count). The van der Waals surface area contributed by atoms with Gasteiger partial charge < -0.3 is 5.43 Å². The first kappa shape index (κ1) is 16.7. The second-order valence-electron chi connectivity index (χ2n) is 6.63. The number of benzene rings is 2. The fourth-order valence-corrected chi connectivity index (χ4v) is 3.91. The molecule has 3 aromatic rings. The van der Waals surface area contributed by atoms with E-state index in [9.17, 15) is 4.79 Å². The molecule has 0 spiro atoms. The summed E-state index contributed by atoms with van der Waals surface area (Å²) in [5.41, 5.74) is 13.4. The van der Waals surface area contributed by atoms with Crippen LogP contribution in [0.4, 0.5) is 0 Å². The molecule has 1 aliphatic rings. The third-order valence-corrected chi connectivity index (χ3v) is 5.19. The third kappa shape index (κ3) is 2.47. The molecule has 1 unspecified atom stereocenters. The number of hydrazine groups is 1. The molecule has 1 aromatic heterocycles. The van der Waals surface area contributed by atoms with Crippen molar-refractivity contribution in [3.8, 4) is 0 Å². The number of fused-ring (bicyclic) bond motifs is 1. The molecule has 1 atom stereocenters. The van der Waals surface area contributed by atoms with Crippen LogP contribution in [0.5, 0.6) is 0 Å². The third-order valence-electron chi connectivity index (χ3n) is 5.19. The zero-order chi connectivity index (χ0) is 18.3. The topological polar surface area (TPSA) is 51.0 Å². The lowest BCUT2D eigenvalue weighted by Crippen LogP contribution is -2.26. The Labute approximate surface area is 152 Å². The van der Waals surface area contributed by atoms with E-state index in [-0.39, 0.29) is 11.7 Å². The highest BCUT2D eigenvalue weighted by molar-refractivity contribution is 5.84. The average molecular weight is 348 g/mol. The maximum Gasteiger partial charge on any atom is 0.329 e. The summed E-state index contributed by atoms with van der Waals surface area (Å²) in [6.45, 7) is 7.46. The van der Waals surface area contributed by atoms with Crippen molar-refractivity contribution in [3.05, 3.63) is 75.8 Å². The first-order chi connectivity index (χ1) is 12.7. The van der Waals surface area contributed by atoms with Crippen molar-refractivity contribution in [1.29, 1.82) is 0 Å². The van der Waals surface area contributed by atoms with Crippen molar-refractivity contribution >= 4 is 16.6 Å². The molecule has 26 heavy (non-hydrogen) atoms. The van der Waals surface area contributed by atoms with Gasteiger partial charge in [-0.25, -0.2) is 10.2 Å². The summed E-state index contributed by atoms with van der Waals surface area (Å²) in [6, 6.07) is 16.8. The van der Waals surface area contributed by atoms with Gasteiger partial charge in [0, 0.05) is 24.4 Å². The van der Waals surface area contributed by atoms with Crippen molar-refractivity contribution in [1.82, 2.24) is 20.0 Å². The molecule has 5 nitrogen and oxygen atoms in total. The van der Waals surface area contributed by atoms with Gasteiger partial charge in [0.2, 0.25) is 0 Å². The number of aromatic nitrogens is 2. The molecule has 1 aliphatic heterocycles. The Balaban J connectivity index is 1.88. The number of hydrogen-bond donors (Lipinski definition) is 2. The van der Waals surface area contributed by atoms with E-state index in [1.165, 1.54) is 11.1 Å². The molecule has 2 aromatic carbocycles. The van der Waals surface area contributed by atoms with Crippen LogP contribution in [0.15, 0.2) is 59.0 Å². The fourth-order valence-electron chi connectivity index (χ4n) is 3.91. The standard InChI is InChI=1S/C21H24N4O/c1-4-24-17-12-11-16(13-18(17)25(5-2)21(24)26)19-14(3)22-23-20(19)15-9-7-6-8-10-15/h6-13,20,22-23H,4-5H2,1-3H3. The van der Waals surface area contributed by atoms with E-state index in [1.54, 1.807) is 0 Å². The summed E-state index contributed by atoms with van der Waals surface area (Å²) in [5, 5.41) is 0. The Kier molecular flexibility index (Phi) is 4.17. The summed E-state index contributed by atoms with van der Waals surface area (Å²) in [6.07, 6.45) is 0. The Bertz CT molecular complexity index is 1040. The number of rotatable bonds is 4. The van der Waals surface area contributed by atoms with Crippen molar-refractivity contribution in [2.75, 3.05) is 0 Å². The predicted molar refractivity (Wildman–Crippen MR) is 106 cm³/mol. The van der Waals surface area contributed by atoms with E-state index in [1.807, 2.05) is 29.0 Å². The van der Waals surface area contributed by atoms with Gasteiger partial charge in [-0.15, -0.1) is 0 Å². The fraction of sp³-hybridized carbons (Fsp3) is 0.286. The molecule has 0 saturated heterocycles. The number of nitrogens with zero attached hydrogens (tertiary/aromatic N) is 2. The summed E-state index contributed by atoms with van der Waals surface area (Å²) in [4.78, 5) is 12.6. The van der Waals surface area contributed by atoms with Crippen LogP contribution in [0.1, 0.15) is 37.9 Å². The lowest BCUT2D eigenvalue weighted by Gasteiger charge is -2.16. The molecule has 0 radical (unpaired) electrons. The largest absolute Gasteiger partial charge is 0.329 e. The smallest absolute Gasteiger partial charge is 0.325 e. The lowest BCUT2D eigenvalue weighted by atomic mass is 9.93. The molecule has 5 heteroatoms. The monoisotopic (exact) mass is 348 g/mol. The minimum Gasteiger partial charge on any atom is -0.325 e. The average Bonchev–Trinajstić information content (AvgIpc) is 3.18. The number of hydrogen-bond acceptors (Lipinski definition) is 3. The Morgan fingerprint density at radius 2 is 1.65 bits per heavy atom. The molecular formula is C21H24N4O. The van der Waals surface area contributed by atoms with E-state index in [0.29, 0.717) is 13.1 Å². The van der Waals surface area contributed by atoms with Crippen LogP contribution in [0, 0.1) is 0 Å². The highest BCUT2D eigenvalue weighted by Gasteiger charge is 2.26. The van der Waals surface area contributed by atoms with Gasteiger partial charge in [-0.3, -0.25) is 9.13 Å². The van der Waals surface area contributed by atoms with Crippen LogP contribution in [0.3, 0.4) is 0 Å². The molecule has 0 aliphatic carbocycles. The van der Waals surface area contributed by atoms with Gasteiger partial charge >= 0.3 is 5.69 Å². The molecule has 0 amide bonds. The zero-order valence-electron chi connectivity index (χ0n) is 15.4. The van der Waals surface area contributed by atoms with Crippen LogP contribution >= 0.6 is 0 Å². The molecule has 2 N–H and O–H groups in total. The van der Waals surface area contributed by atoms with Crippen LogP contribution < -0.4 is 16.5 Å². The molecule has 2 heterocycles. The Hall–Kier alpha value is -2.79. The van der Waals surface area contributed by atoms with E-state index in [0.717, 1.165) is 22.3 Å². The minimum atomic E-state index is 0.0649. The van der Waals surface area contributed by atoms with Crippen molar-refractivity contribution in [2.45, 2.75) is 39.9 Å². The highest BCUT2D eigenvalue weighted by atomic mass is 16.1. The first-order valence-corrected chi connectivity index (χ1v) is 9.16. The molecule has 0 bridgehead atoms. The van der Waals surface area contributed by atoms with E-state index in [2.05, 4.69) is 60.2 Å². The highest BCUT2D eigenvalue weighted by Crippen LogP contribution is 2.36. The quantitative estimate of drug-likeness (QED) is 0.759. The van der Waals surface area contributed by atoms with Crippen LogP contribution in [-0.2, 0) is 13.1 Å². The van der Waals surface area contributed by atoms with Gasteiger partial charge in [0.15, 0.2) is 0 Å². The molecule has 0 fully saturated rings. The molecule has 0 saturated carbocycles. The second kappa shape index (κ2) is 6.50. The molecule has 134 valence electrons. The number of nitrogens with one attached hydrogen (secondary N) is 2. The normalized spacial score (nSPS) is 17.1. The van der Waals surface area contributed by atoms with Gasteiger partial charge in [0.05, 0.1) is 17.1 Å². The van der Waals surface area contributed by atoms with E-state index < -0.39 is 0 Å². The Morgan fingerprint density at radius 3 is 2.35 bits per heavy atom. The maximum atomic E-state index is 12.6. The van der Waals surface area contributed by atoms with Crippen LogP contribution in [0.25, 0.3) is 16.6 Å². The summed E-state index contributed by atoms with van der Waals surface area (Å²) >= 11 is 0. The molecular weight excluding hydrogens is 324 g/mol. The maximum absolute atomic E-state index is 12.6. The van der Waals surface area contributed by atoms with Crippen molar-refractivity contribution in [3.63, 3.8) is 0 Å². The van der Waals surface area contributed by atoms with E-state index in [4.69, 9.17) is 0 Å². The predicted octanol–water partition coefficient (Wildman–Crippen LogP) is 3.42. The van der Waals surface area contributed by atoms with Crippen LogP contribution in [0.2, 0.25) is 0 Å². The second-order valence-corrected chi connectivity index (χ2v) is 6.63. The first-order valence-electron chi connectivity index (χ1n) is 9.16. The Morgan fingerprint density at radius 1 is 0.962 bits per heavy atom. The van der Waals surface area contributed by atoms with Crippen molar-refractivity contribution < 1.29 is 0 Å². The number of imidazole rings is 1.